The highest BCUT2D eigenvalue weighted by molar-refractivity contribution is 5.68. The number of carbonyl (C=O) groups excluding carboxylic acids is 1. The molecule has 0 radical (unpaired) electrons. The third kappa shape index (κ3) is 5.78. The van der Waals surface area contributed by atoms with Crippen LogP contribution in [0.25, 0.3) is 0 Å². The molecule has 1 fully saturated rings. The maximum Gasteiger partial charge on any atom is 0.407 e. The summed E-state index contributed by atoms with van der Waals surface area (Å²) in [7, 11) is 0. The van der Waals surface area contributed by atoms with E-state index in [2.05, 4.69) is 10.2 Å². The lowest BCUT2D eigenvalue weighted by Crippen LogP contribution is -2.53. The van der Waals surface area contributed by atoms with Crippen molar-refractivity contribution in [2.45, 2.75) is 64.6 Å². The van der Waals surface area contributed by atoms with Gasteiger partial charge in [-0.1, -0.05) is 6.42 Å². The van der Waals surface area contributed by atoms with Gasteiger partial charge < -0.3 is 15.2 Å². The molecule has 2 atom stereocenters. The van der Waals surface area contributed by atoms with Crippen LogP contribution in [-0.2, 0) is 4.74 Å². The first-order valence-corrected chi connectivity index (χ1v) is 7.18. The van der Waals surface area contributed by atoms with Gasteiger partial charge in [-0.2, -0.15) is 0 Å². The molecule has 0 aliphatic carbocycles. The van der Waals surface area contributed by atoms with Crippen molar-refractivity contribution >= 4 is 6.09 Å². The molecule has 0 spiro atoms. The van der Waals surface area contributed by atoms with Crippen LogP contribution in [0.15, 0.2) is 0 Å². The van der Waals surface area contributed by atoms with Crippen molar-refractivity contribution in [1.29, 1.82) is 0 Å². The van der Waals surface area contributed by atoms with E-state index in [9.17, 15) is 4.79 Å². The Kier molecular flexibility index (Phi) is 6.07. The van der Waals surface area contributed by atoms with Crippen LogP contribution in [0.5, 0.6) is 0 Å². The number of carbonyl (C=O) groups is 1. The van der Waals surface area contributed by atoms with Crippen molar-refractivity contribution in [3.8, 4) is 0 Å². The molecular weight excluding hydrogens is 244 g/mol. The number of hydrogen-bond donors (Lipinski definition) is 2. The van der Waals surface area contributed by atoms with Gasteiger partial charge in [-0.15, -0.1) is 0 Å². The van der Waals surface area contributed by atoms with Gasteiger partial charge >= 0.3 is 6.09 Å². The monoisotopic (exact) mass is 272 g/mol. The van der Waals surface area contributed by atoms with Crippen molar-refractivity contribution in [2.75, 3.05) is 19.7 Å². The van der Waals surface area contributed by atoms with Crippen LogP contribution < -0.4 is 5.32 Å². The molecule has 5 nitrogen and oxygen atoms in total. The Morgan fingerprint density at radius 3 is 2.74 bits per heavy atom. The summed E-state index contributed by atoms with van der Waals surface area (Å²) < 4.78 is 5.28. The first-order valence-electron chi connectivity index (χ1n) is 7.18. The van der Waals surface area contributed by atoms with Crippen LogP contribution in [-0.4, -0.2) is 53.5 Å². The molecule has 1 aliphatic rings. The molecule has 5 heteroatoms. The largest absolute Gasteiger partial charge is 0.444 e. The zero-order valence-corrected chi connectivity index (χ0v) is 12.6. The molecule has 0 saturated carbocycles. The highest BCUT2D eigenvalue weighted by Gasteiger charge is 2.28. The van der Waals surface area contributed by atoms with Crippen molar-refractivity contribution in [3.05, 3.63) is 0 Å². The fourth-order valence-corrected chi connectivity index (χ4v) is 2.58. The predicted octanol–water partition coefficient (Wildman–Crippen LogP) is 1.75. The number of rotatable bonds is 4. The highest BCUT2D eigenvalue weighted by Crippen LogP contribution is 2.19. The highest BCUT2D eigenvalue weighted by atomic mass is 16.6. The minimum Gasteiger partial charge on any atom is -0.444 e. The number of β-amino-alcohol motifs (C(OH)–C–C–N with tert-alkyl or cyclic N) is 1. The lowest BCUT2D eigenvalue weighted by molar-refractivity contribution is 0.0428. The van der Waals surface area contributed by atoms with Gasteiger partial charge in [0.2, 0.25) is 0 Å². The first kappa shape index (κ1) is 16.2. The average Bonchev–Trinajstić information content (AvgIpc) is 2.27. The molecule has 0 aromatic carbocycles. The number of piperidine rings is 1. The van der Waals surface area contributed by atoms with E-state index in [4.69, 9.17) is 9.84 Å². The molecule has 19 heavy (non-hydrogen) atoms. The van der Waals surface area contributed by atoms with E-state index in [-0.39, 0.29) is 24.8 Å². The van der Waals surface area contributed by atoms with Gasteiger partial charge in [0.05, 0.1) is 6.61 Å². The number of ether oxygens (including phenoxy) is 1. The second-order valence-electron chi connectivity index (χ2n) is 6.26. The Morgan fingerprint density at radius 2 is 2.16 bits per heavy atom. The van der Waals surface area contributed by atoms with Gasteiger partial charge in [0, 0.05) is 18.6 Å². The molecule has 0 aromatic rings. The van der Waals surface area contributed by atoms with Gasteiger partial charge in [-0.05, 0) is 47.1 Å². The number of aliphatic hydroxyl groups excluding tert-OH is 1. The zero-order valence-electron chi connectivity index (χ0n) is 12.6. The molecule has 0 unspecified atom stereocenters. The average molecular weight is 272 g/mol. The summed E-state index contributed by atoms with van der Waals surface area (Å²) in [5, 5.41) is 12.0. The van der Waals surface area contributed by atoms with Crippen molar-refractivity contribution in [3.63, 3.8) is 0 Å². The Hall–Kier alpha value is -0.810. The Bertz CT molecular complexity index is 287. The quantitative estimate of drug-likeness (QED) is 0.818. The molecule has 1 amide bonds. The normalized spacial score (nSPS) is 22.9. The zero-order chi connectivity index (χ0) is 14.5. The van der Waals surface area contributed by atoms with E-state index in [0.29, 0.717) is 6.54 Å². The fraction of sp³-hybridized carbons (Fsp3) is 0.929. The first-order chi connectivity index (χ1) is 8.83. The van der Waals surface area contributed by atoms with Crippen LogP contribution in [0.4, 0.5) is 4.79 Å². The van der Waals surface area contributed by atoms with Crippen LogP contribution in [0.2, 0.25) is 0 Å². The van der Waals surface area contributed by atoms with E-state index in [1.54, 1.807) is 0 Å². The van der Waals surface area contributed by atoms with E-state index in [1.807, 2.05) is 27.7 Å². The van der Waals surface area contributed by atoms with Crippen molar-refractivity contribution in [2.24, 2.45) is 0 Å². The number of aliphatic hydroxyl groups is 1. The predicted molar refractivity (Wildman–Crippen MR) is 75.1 cm³/mol. The van der Waals surface area contributed by atoms with Crippen LogP contribution in [0.1, 0.15) is 47.0 Å². The summed E-state index contributed by atoms with van der Waals surface area (Å²) >= 11 is 0. The molecule has 0 aromatic heterocycles. The molecule has 1 heterocycles. The van der Waals surface area contributed by atoms with Crippen molar-refractivity contribution < 1.29 is 14.6 Å². The SMILES string of the molecule is C[C@H](NC(=O)OC(C)(C)C)[C@@H]1CCCCN1CCO. The minimum atomic E-state index is -0.471. The number of alkyl carbamates (subject to hydrolysis) is 1. The summed E-state index contributed by atoms with van der Waals surface area (Å²) in [4.78, 5) is 14.0. The van der Waals surface area contributed by atoms with Gasteiger partial charge in [-0.3, -0.25) is 4.90 Å². The maximum absolute atomic E-state index is 11.8. The van der Waals surface area contributed by atoms with Gasteiger partial charge in [0.25, 0.3) is 0 Å². The smallest absolute Gasteiger partial charge is 0.407 e. The Morgan fingerprint density at radius 1 is 1.47 bits per heavy atom. The molecule has 112 valence electrons. The van der Waals surface area contributed by atoms with Gasteiger partial charge in [0.1, 0.15) is 5.60 Å². The molecular formula is C14H28N2O3. The molecule has 0 bridgehead atoms. The number of likely N-dealkylation sites (tertiary alicyclic amines) is 1. The summed E-state index contributed by atoms with van der Waals surface area (Å²) in [6, 6.07) is 0.315. The molecule has 2 N–H and O–H groups in total. The third-order valence-electron chi connectivity index (χ3n) is 3.37. The molecule has 1 saturated heterocycles. The number of amides is 1. The molecule has 1 rings (SSSR count). The van der Waals surface area contributed by atoms with E-state index in [0.717, 1.165) is 19.4 Å². The topological polar surface area (TPSA) is 61.8 Å². The van der Waals surface area contributed by atoms with Crippen LogP contribution >= 0.6 is 0 Å². The third-order valence-corrected chi connectivity index (χ3v) is 3.37. The van der Waals surface area contributed by atoms with E-state index in [1.165, 1.54) is 6.42 Å². The second kappa shape index (κ2) is 7.10. The van der Waals surface area contributed by atoms with Crippen LogP contribution in [0, 0.1) is 0 Å². The van der Waals surface area contributed by atoms with E-state index < -0.39 is 5.60 Å². The Balaban J connectivity index is 2.50. The summed E-state index contributed by atoms with van der Waals surface area (Å²) in [6.45, 7) is 9.40. The standard InChI is InChI=1S/C14H28N2O3/c1-11(15-13(18)19-14(2,3)4)12-7-5-6-8-16(12)9-10-17/h11-12,17H,5-10H2,1-4H3,(H,15,18)/t11-,12-/m0/s1. The van der Waals surface area contributed by atoms with Crippen molar-refractivity contribution in [1.82, 2.24) is 10.2 Å². The minimum absolute atomic E-state index is 0.0294. The van der Waals surface area contributed by atoms with Gasteiger partial charge in [0.15, 0.2) is 0 Å². The number of nitrogens with zero attached hydrogens (tertiary/aromatic N) is 1. The maximum atomic E-state index is 11.8. The lowest BCUT2D eigenvalue weighted by atomic mass is 9.96. The second-order valence-corrected chi connectivity index (χ2v) is 6.26. The number of nitrogens with one attached hydrogen (secondary N) is 1. The van der Waals surface area contributed by atoms with Gasteiger partial charge in [-0.25, -0.2) is 4.79 Å². The summed E-state index contributed by atoms with van der Waals surface area (Å²) in [6.07, 6.45) is 3.02. The van der Waals surface area contributed by atoms with Crippen LogP contribution in [0.3, 0.4) is 0 Å². The molecule has 1 aliphatic heterocycles. The fourth-order valence-electron chi connectivity index (χ4n) is 2.58. The van der Waals surface area contributed by atoms with E-state index >= 15 is 0 Å². The lowest BCUT2D eigenvalue weighted by Gasteiger charge is -2.39. The number of hydrogen-bond acceptors (Lipinski definition) is 4. The summed E-state index contributed by atoms with van der Waals surface area (Å²) in [5.41, 5.74) is -0.471. The Labute approximate surface area is 116 Å². The summed E-state index contributed by atoms with van der Waals surface area (Å²) in [5.74, 6) is 0.